The second-order valence-corrected chi connectivity index (χ2v) is 7.59. The van der Waals surface area contributed by atoms with Crippen LogP contribution in [0.25, 0.3) is 0 Å². The molecule has 0 amide bonds. The third-order valence-electron chi connectivity index (χ3n) is 5.25. The molecule has 0 aromatic heterocycles. The van der Waals surface area contributed by atoms with Crippen molar-refractivity contribution in [1.29, 1.82) is 0 Å². The van der Waals surface area contributed by atoms with Crippen molar-refractivity contribution < 1.29 is 4.74 Å². The molecular weight excluding hydrogens is 298 g/mol. The number of rotatable bonds is 5. The van der Waals surface area contributed by atoms with Crippen LogP contribution in [-0.2, 0) is 12.1 Å². The van der Waals surface area contributed by atoms with Crippen LogP contribution in [0.3, 0.4) is 0 Å². The molecule has 0 saturated heterocycles. The lowest BCUT2D eigenvalue weighted by Crippen LogP contribution is -2.32. The Balaban J connectivity index is 1.68. The molecule has 3 nitrogen and oxygen atoms in total. The zero-order valence-corrected chi connectivity index (χ0v) is 14.5. The van der Waals surface area contributed by atoms with E-state index in [9.17, 15) is 4.91 Å². The molecule has 2 aromatic rings. The van der Waals surface area contributed by atoms with Gasteiger partial charge < -0.3 is 4.74 Å². The average Bonchev–Trinajstić information content (AvgIpc) is 2.62. The van der Waals surface area contributed by atoms with Gasteiger partial charge in [-0.05, 0) is 54.4 Å². The predicted molar refractivity (Wildman–Crippen MR) is 96.9 cm³/mol. The minimum Gasteiger partial charge on any atom is -0.489 e. The first-order valence-electron chi connectivity index (χ1n) is 8.65. The summed E-state index contributed by atoms with van der Waals surface area (Å²) in [5.74, 6) is 0.819. The summed E-state index contributed by atoms with van der Waals surface area (Å²) in [5.41, 5.74) is 1.91. The molecule has 0 spiro atoms. The maximum atomic E-state index is 11.6. The summed E-state index contributed by atoms with van der Waals surface area (Å²) < 4.78 is 5.83. The first-order valence-corrected chi connectivity index (χ1v) is 8.65. The third kappa shape index (κ3) is 3.66. The molecule has 126 valence electrons. The summed E-state index contributed by atoms with van der Waals surface area (Å²) in [6.45, 7) is 5.08. The van der Waals surface area contributed by atoms with Gasteiger partial charge in [0.15, 0.2) is 0 Å². The fourth-order valence-electron chi connectivity index (χ4n) is 3.38. The SMILES string of the molecule is CC1(C)CCC(N=O)(c2ccc(OCc3ccccc3)cc2)CC1. The van der Waals surface area contributed by atoms with Gasteiger partial charge in [0.05, 0.1) is 0 Å². The largest absolute Gasteiger partial charge is 0.489 e. The molecule has 0 bridgehead atoms. The first-order chi connectivity index (χ1) is 11.5. The van der Waals surface area contributed by atoms with E-state index in [1.807, 2.05) is 54.6 Å². The second-order valence-electron chi connectivity index (χ2n) is 7.59. The Morgan fingerprint density at radius 2 is 1.54 bits per heavy atom. The van der Waals surface area contributed by atoms with Crippen molar-refractivity contribution in [3.8, 4) is 5.75 Å². The number of nitrogens with zero attached hydrogens (tertiary/aromatic N) is 1. The molecular formula is C21H25NO2. The summed E-state index contributed by atoms with van der Waals surface area (Å²) in [6.07, 6.45) is 3.72. The van der Waals surface area contributed by atoms with Crippen LogP contribution in [0, 0.1) is 10.3 Å². The van der Waals surface area contributed by atoms with Crippen molar-refractivity contribution in [2.45, 2.75) is 51.7 Å². The van der Waals surface area contributed by atoms with E-state index in [0.717, 1.165) is 42.6 Å². The van der Waals surface area contributed by atoms with Gasteiger partial charge in [-0.2, -0.15) is 0 Å². The van der Waals surface area contributed by atoms with Crippen LogP contribution in [0.2, 0.25) is 0 Å². The summed E-state index contributed by atoms with van der Waals surface area (Å²) in [5, 5.41) is 3.55. The van der Waals surface area contributed by atoms with Crippen molar-refractivity contribution in [3.63, 3.8) is 0 Å². The highest BCUT2D eigenvalue weighted by Gasteiger charge is 2.41. The van der Waals surface area contributed by atoms with Gasteiger partial charge >= 0.3 is 0 Å². The van der Waals surface area contributed by atoms with E-state index in [-0.39, 0.29) is 0 Å². The second kappa shape index (κ2) is 6.76. The Bertz CT molecular complexity index is 667. The van der Waals surface area contributed by atoms with Crippen molar-refractivity contribution in [2.24, 2.45) is 10.6 Å². The van der Waals surface area contributed by atoms with Crippen molar-refractivity contribution in [1.82, 2.24) is 0 Å². The molecule has 1 aliphatic carbocycles. The van der Waals surface area contributed by atoms with E-state index >= 15 is 0 Å². The normalized spacial score (nSPS) is 18.8. The predicted octanol–water partition coefficient (Wildman–Crippen LogP) is 5.83. The van der Waals surface area contributed by atoms with Gasteiger partial charge in [0.2, 0.25) is 0 Å². The van der Waals surface area contributed by atoms with Crippen LogP contribution >= 0.6 is 0 Å². The lowest BCUT2D eigenvalue weighted by atomic mass is 9.67. The number of hydrogen-bond acceptors (Lipinski definition) is 3. The molecule has 0 N–H and O–H groups in total. The summed E-state index contributed by atoms with van der Waals surface area (Å²) in [7, 11) is 0. The zero-order chi connectivity index (χ0) is 17.0. The Morgan fingerprint density at radius 3 is 2.12 bits per heavy atom. The van der Waals surface area contributed by atoms with Crippen molar-refractivity contribution in [2.75, 3.05) is 0 Å². The van der Waals surface area contributed by atoms with Gasteiger partial charge in [0, 0.05) is 0 Å². The minimum absolute atomic E-state index is 0.312. The lowest BCUT2D eigenvalue weighted by molar-refractivity contribution is 0.165. The van der Waals surface area contributed by atoms with E-state index in [2.05, 4.69) is 19.0 Å². The highest BCUT2D eigenvalue weighted by Crippen LogP contribution is 2.47. The van der Waals surface area contributed by atoms with Gasteiger partial charge in [-0.15, -0.1) is 4.91 Å². The van der Waals surface area contributed by atoms with Crippen molar-refractivity contribution >= 4 is 0 Å². The number of ether oxygens (including phenoxy) is 1. The molecule has 2 aromatic carbocycles. The van der Waals surface area contributed by atoms with E-state index in [4.69, 9.17) is 4.74 Å². The fraction of sp³-hybridized carbons (Fsp3) is 0.429. The van der Waals surface area contributed by atoms with Crippen LogP contribution in [0.1, 0.15) is 50.7 Å². The van der Waals surface area contributed by atoms with E-state index in [0.29, 0.717) is 12.0 Å². The molecule has 1 fully saturated rings. The molecule has 1 saturated carbocycles. The molecule has 3 rings (SSSR count). The Hall–Kier alpha value is -2.16. The minimum atomic E-state index is -0.562. The molecule has 3 heteroatoms. The van der Waals surface area contributed by atoms with E-state index < -0.39 is 5.54 Å². The van der Waals surface area contributed by atoms with Crippen LogP contribution in [0.4, 0.5) is 0 Å². The monoisotopic (exact) mass is 323 g/mol. The Kier molecular flexibility index (Phi) is 4.70. The van der Waals surface area contributed by atoms with Gasteiger partial charge in [0.25, 0.3) is 0 Å². The maximum absolute atomic E-state index is 11.6. The number of nitroso groups, excluding NO2 is 1. The van der Waals surface area contributed by atoms with Crippen LogP contribution in [-0.4, -0.2) is 0 Å². The third-order valence-corrected chi connectivity index (χ3v) is 5.25. The summed E-state index contributed by atoms with van der Waals surface area (Å²) in [4.78, 5) is 11.6. The average molecular weight is 323 g/mol. The maximum Gasteiger partial charge on any atom is 0.127 e. The topological polar surface area (TPSA) is 38.7 Å². The summed E-state index contributed by atoms with van der Waals surface area (Å²) in [6, 6.07) is 18.0. The molecule has 0 unspecified atom stereocenters. The zero-order valence-electron chi connectivity index (χ0n) is 14.5. The van der Waals surface area contributed by atoms with Gasteiger partial charge in [-0.3, -0.25) is 0 Å². The number of hydrogen-bond donors (Lipinski definition) is 0. The molecule has 24 heavy (non-hydrogen) atoms. The highest BCUT2D eigenvalue weighted by atomic mass is 16.5. The fourth-order valence-corrected chi connectivity index (χ4v) is 3.38. The Morgan fingerprint density at radius 1 is 0.917 bits per heavy atom. The molecule has 0 radical (unpaired) electrons. The smallest absolute Gasteiger partial charge is 0.127 e. The van der Waals surface area contributed by atoms with Crippen LogP contribution in [0.5, 0.6) is 5.75 Å². The molecule has 0 aliphatic heterocycles. The standard InChI is InChI=1S/C21H25NO2/c1-20(2)12-14-21(22-23,15-13-20)18-8-10-19(11-9-18)24-16-17-6-4-3-5-7-17/h3-11H,12-16H2,1-2H3. The quantitative estimate of drug-likeness (QED) is 0.649. The molecule has 0 heterocycles. The van der Waals surface area contributed by atoms with E-state index in [1.165, 1.54) is 0 Å². The lowest BCUT2D eigenvalue weighted by Gasteiger charge is -2.39. The van der Waals surface area contributed by atoms with Crippen molar-refractivity contribution in [3.05, 3.63) is 70.6 Å². The first kappa shape index (κ1) is 16.7. The molecule has 1 aliphatic rings. The van der Waals surface area contributed by atoms with Crippen LogP contribution in [0.15, 0.2) is 59.8 Å². The number of benzene rings is 2. The summed E-state index contributed by atoms with van der Waals surface area (Å²) >= 11 is 0. The van der Waals surface area contributed by atoms with E-state index in [1.54, 1.807) is 0 Å². The van der Waals surface area contributed by atoms with Crippen LogP contribution < -0.4 is 4.74 Å². The highest BCUT2D eigenvalue weighted by molar-refractivity contribution is 5.33. The van der Waals surface area contributed by atoms with Gasteiger partial charge in [-0.25, -0.2) is 0 Å². The van der Waals surface area contributed by atoms with Gasteiger partial charge in [0.1, 0.15) is 17.9 Å². The van der Waals surface area contributed by atoms with Gasteiger partial charge in [-0.1, -0.05) is 61.5 Å². The molecule has 0 atom stereocenters. The Labute approximate surface area is 144 Å².